The van der Waals surface area contributed by atoms with E-state index in [9.17, 15) is 0 Å². The van der Waals surface area contributed by atoms with Crippen molar-refractivity contribution in [2.24, 2.45) is 5.73 Å². The van der Waals surface area contributed by atoms with Crippen LogP contribution in [0.1, 0.15) is 12.8 Å². The fourth-order valence-corrected chi connectivity index (χ4v) is 0.983. The van der Waals surface area contributed by atoms with E-state index in [4.69, 9.17) is 5.73 Å². The van der Waals surface area contributed by atoms with Crippen molar-refractivity contribution in [2.45, 2.75) is 17.3 Å². The number of hydrogen-bond acceptors (Lipinski definition) is 1. The van der Waals surface area contributed by atoms with Crippen LogP contribution < -0.4 is 5.73 Å². The molecule has 0 saturated heterocycles. The molecule has 0 bridgehead atoms. The van der Waals surface area contributed by atoms with Gasteiger partial charge in [-0.1, -0.05) is 0 Å². The molecular formula is C4H10NSn+3. The van der Waals surface area contributed by atoms with Gasteiger partial charge in [0.2, 0.25) is 0 Å². The van der Waals surface area contributed by atoms with Crippen LogP contribution in [0.3, 0.4) is 0 Å². The SMILES string of the molecule is NCCC[CH2][Sn+3]. The number of rotatable bonds is 3. The standard InChI is InChI=1S/C4H10N.Sn/c1-2-3-4-5;/h1-5H2;/q;+3. The van der Waals surface area contributed by atoms with E-state index < -0.39 is 0 Å². The van der Waals surface area contributed by atoms with Crippen molar-refractivity contribution in [3.63, 3.8) is 0 Å². The van der Waals surface area contributed by atoms with Crippen LogP contribution in [0.15, 0.2) is 0 Å². The summed E-state index contributed by atoms with van der Waals surface area (Å²) < 4.78 is 1.36. The molecule has 0 aromatic heterocycles. The molecule has 0 aliphatic rings. The average Bonchev–Trinajstić information content (AvgIpc) is 1.61. The molecule has 0 aliphatic carbocycles. The van der Waals surface area contributed by atoms with Crippen molar-refractivity contribution in [1.82, 2.24) is 0 Å². The van der Waals surface area contributed by atoms with Crippen LogP contribution in [0.4, 0.5) is 0 Å². The van der Waals surface area contributed by atoms with Crippen molar-refractivity contribution >= 4 is 22.5 Å². The molecule has 2 N–H and O–H groups in total. The van der Waals surface area contributed by atoms with E-state index >= 15 is 0 Å². The Morgan fingerprint density at radius 3 is 2.17 bits per heavy atom. The fraction of sp³-hybridized carbons (Fsp3) is 1.00. The second kappa shape index (κ2) is 5.76. The zero-order valence-electron chi connectivity index (χ0n) is 3.91. The third-order valence-corrected chi connectivity index (χ3v) is 1.64. The molecule has 0 radical (unpaired) electrons. The van der Waals surface area contributed by atoms with Crippen molar-refractivity contribution in [1.29, 1.82) is 0 Å². The van der Waals surface area contributed by atoms with Crippen LogP contribution in [0.2, 0.25) is 4.44 Å². The van der Waals surface area contributed by atoms with Gasteiger partial charge in [0.15, 0.2) is 0 Å². The van der Waals surface area contributed by atoms with Gasteiger partial charge in [-0.3, -0.25) is 0 Å². The Balaban J connectivity index is 2.34. The fourth-order valence-electron chi connectivity index (χ4n) is 0.269. The average molecular weight is 191 g/mol. The predicted octanol–water partition coefficient (Wildman–Crippen LogP) is 0.312. The van der Waals surface area contributed by atoms with Gasteiger partial charge in [-0.2, -0.15) is 0 Å². The van der Waals surface area contributed by atoms with Crippen LogP contribution in [0.5, 0.6) is 0 Å². The van der Waals surface area contributed by atoms with Crippen LogP contribution in [-0.4, -0.2) is 29.1 Å². The molecule has 2 heteroatoms. The molecule has 0 fully saturated rings. The minimum atomic E-state index is 0.869. The molecule has 0 aliphatic heterocycles. The first-order chi connectivity index (χ1) is 2.91. The van der Waals surface area contributed by atoms with Gasteiger partial charge in [-0.15, -0.1) is 0 Å². The summed E-state index contributed by atoms with van der Waals surface area (Å²) in [6, 6.07) is 0. The van der Waals surface area contributed by atoms with E-state index in [-0.39, 0.29) is 0 Å². The van der Waals surface area contributed by atoms with Crippen LogP contribution in [0.25, 0.3) is 0 Å². The second-order valence-corrected chi connectivity index (χ2v) is 2.67. The number of hydrogen-bond donors (Lipinski definition) is 1. The van der Waals surface area contributed by atoms with Crippen molar-refractivity contribution in [3.05, 3.63) is 0 Å². The van der Waals surface area contributed by atoms with Crippen LogP contribution >= 0.6 is 0 Å². The Bertz CT molecular complexity index is 19.5. The van der Waals surface area contributed by atoms with Crippen LogP contribution in [-0.2, 0) is 0 Å². The Hall–Kier alpha value is 0.759. The van der Waals surface area contributed by atoms with E-state index in [1.807, 2.05) is 0 Å². The third-order valence-electron chi connectivity index (χ3n) is 0.631. The monoisotopic (exact) mass is 192 g/mol. The Labute approximate surface area is 52.4 Å². The Morgan fingerprint density at radius 1 is 1.33 bits per heavy atom. The van der Waals surface area contributed by atoms with E-state index in [0.717, 1.165) is 6.54 Å². The summed E-state index contributed by atoms with van der Waals surface area (Å²) in [4.78, 5) is 0. The topological polar surface area (TPSA) is 26.0 Å². The quantitative estimate of drug-likeness (QED) is 0.504. The summed E-state index contributed by atoms with van der Waals surface area (Å²) in [7, 11) is 0. The van der Waals surface area contributed by atoms with Gasteiger partial charge < -0.3 is 0 Å². The molecular weight excluding hydrogens is 181 g/mol. The van der Waals surface area contributed by atoms with Crippen molar-refractivity contribution in [3.8, 4) is 0 Å². The first-order valence-corrected chi connectivity index (χ1v) is 4.28. The van der Waals surface area contributed by atoms with Gasteiger partial charge in [-0.05, 0) is 0 Å². The molecule has 0 unspecified atom stereocenters. The van der Waals surface area contributed by atoms with Gasteiger partial charge in [0.05, 0.1) is 0 Å². The normalized spacial score (nSPS) is 9.17. The van der Waals surface area contributed by atoms with E-state index in [1.54, 1.807) is 22.5 Å². The van der Waals surface area contributed by atoms with E-state index in [0.29, 0.717) is 0 Å². The molecule has 0 atom stereocenters. The maximum atomic E-state index is 5.22. The van der Waals surface area contributed by atoms with Crippen molar-refractivity contribution in [2.75, 3.05) is 6.54 Å². The molecule has 0 aromatic rings. The number of unbranched alkanes of at least 4 members (excludes halogenated alkanes) is 1. The molecule has 0 saturated carbocycles. The zero-order valence-corrected chi connectivity index (χ0v) is 6.76. The molecule has 0 heterocycles. The van der Waals surface area contributed by atoms with Crippen LogP contribution in [0, 0.1) is 0 Å². The number of nitrogens with two attached hydrogens (primary N) is 1. The third kappa shape index (κ3) is 4.76. The molecule has 0 aromatic carbocycles. The van der Waals surface area contributed by atoms with Gasteiger partial charge in [0.25, 0.3) is 0 Å². The van der Waals surface area contributed by atoms with Gasteiger partial charge in [0.1, 0.15) is 0 Å². The van der Waals surface area contributed by atoms with Gasteiger partial charge in [-0.25, -0.2) is 0 Å². The minimum absolute atomic E-state index is 0.869. The second-order valence-electron chi connectivity index (χ2n) is 1.25. The van der Waals surface area contributed by atoms with Gasteiger partial charge >= 0.3 is 52.1 Å². The molecule has 6 heavy (non-hydrogen) atoms. The summed E-state index contributed by atoms with van der Waals surface area (Å²) in [5.74, 6) is 0. The Kier molecular flexibility index (Phi) is 6.49. The maximum absolute atomic E-state index is 5.22. The van der Waals surface area contributed by atoms with Gasteiger partial charge in [0, 0.05) is 0 Å². The summed E-state index contributed by atoms with van der Waals surface area (Å²) in [6.45, 7) is 0.869. The molecule has 1 nitrogen and oxygen atoms in total. The summed E-state index contributed by atoms with van der Waals surface area (Å²) >= 11 is 1.64. The van der Waals surface area contributed by atoms with E-state index in [2.05, 4.69) is 0 Å². The molecule has 0 amide bonds. The molecule has 0 spiro atoms. The summed E-state index contributed by atoms with van der Waals surface area (Å²) in [5.41, 5.74) is 5.22. The van der Waals surface area contributed by atoms with Crippen molar-refractivity contribution < 1.29 is 0 Å². The summed E-state index contributed by atoms with van der Waals surface area (Å²) in [5, 5.41) is 0. The first-order valence-electron chi connectivity index (χ1n) is 2.26. The Morgan fingerprint density at radius 2 is 2.00 bits per heavy atom. The molecule has 32 valence electrons. The first kappa shape index (κ1) is 6.76. The summed E-state index contributed by atoms with van der Waals surface area (Å²) in [6.07, 6.45) is 2.54. The zero-order chi connectivity index (χ0) is 4.83. The molecule has 0 rings (SSSR count). The van der Waals surface area contributed by atoms with E-state index in [1.165, 1.54) is 17.3 Å². The predicted molar refractivity (Wildman–Crippen MR) is 28.8 cm³/mol.